The largest absolute Gasteiger partial charge is 0.500 e. The van der Waals surface area contributed by atoms with Crippen LogP contribution in [0.15, 0.2) is 35.4 Å². The Labute approximate surface area is 150 Å². The Morgan fingerprint density at radius 3 is 2.65 bits per heavy atom. The van der Waals surface area contributed by atoms with Crippen molar-refractivity contribution >= 4 is 17.8 Å². The lowest BCUT2D eigenvalue weighted by Gasteiger charge is -2.05. The summed E-state index contributed by atoms with van der Waals surface area (Å²) < 4.78 is 4.90. The zero-order valence-corrected chi connectivity index (χ0v) is 14.6. The number of carbonyl (C=O) groups excluding carboxylic acids is 1. The minimum atomic E-state index is -0.729. The number of nitro benzene ring substituents is 1. The van der Waals surface area contributed by atoms with Gasteiger partial charge in [-0.25, -0.2) is 5.43 Å². The SMILES string of the molecule is COc1cc(/C=N\NC(=O)Cc2ccc(C)c(C)c2)cc([N+](=O)[O-])c1O. The maximum atomic E-state index is 12.0. The molecule has 0 fully saturated rings. The van der Waals surface area contributed by atoms with Crippen molar-refractivity contribution in [3.8, 4) is 11.5 Å². The minimum absolute atomic E-state index is 0.0536. The first-order valence-corrected chi connectivity index (χ1v) is 7.75. The Morgan fingerprint density at radius 1 is 1.31 bits per heavy atom. The summed E-state index contributed by atoms with van der Waals surface area (Å²) in [6, 6.07) is 8.27. The molecule has 0 radical (unpaired) electrons. The van der Waals surface area contributed by atoms with Crippen LogP contribution in [0.2, 0.25) is 0 Å². The molecule has 0 atom stereocenters. The normalized spacial score (nSPS) is 10.7. The van der Waals surface area contributed by atoms with Crippen LogP contribution in [0, 0.1) is 24.0 Å². The number of phenols is 1. The van der Waals surface area contributed by atoms with Crippen molar-refractivity contribution in [2.24, 2.45) is 5.10 Å². The Kier molecular flexibility index (Phi) is 5.90. The zero-order chi connectivity index (χ0) is 19.3. The van der Waals surface area contributed by atoms with Crippen LogP contribution in [0.5, 0.6) is 11.5 Å². The molecule has 2 N–H and O–H groups in total. The van der Waals surface area contributed by atoms with E-state index in [2.05, 4.69) is 10.5 Å². The van der Waals surface area contributed by atoms with Crippen LogP contribution in [0.1, 0.15) is 22.3 Å². The molecular weight excluding hydrogens is 338 g/mol. The topological polar surface area (TPSA) is 114 Å². The van der Waals surface area contributed by atoms with Crippen molar-refractivity contribution in [3.63, 3.8) is 0 Å². The van der Waals surface area contributed by atoms with E-state index in [0.29, 0.717) is 5.56 Å². The molecule has 2 aromatic rings. The van der Waals surface area contributed by atoms with Gasteiger partial charge in [0.1, 0.15) is 0 Å². The average Bonchev–Trinajstić information content (AvgIpc) is 2.59. The molecule has 0 bridgehead atoms. The van der Waals surface area contributed by atoms with E-state index in [1.807, 2.05) is 32.0 Å². The second kappa shape index (κ2) is 8.11. The van der Waals surface area contributed by atoms with Gasteiger partial charge in [0.2, 0.25) is 11.7 Å². The number of nitrogens with zero attached hydrogens (tertiary/aromatic N) is 2. The van der Waals surface area contributed by atoms with Crippen molar-refractivity contribution in [2.75, 3.05) is 7.11 Å². The highest BCUT2D eigenvalue weighted by Gasteiger charge is 2.19. The van der Waals surface area contributed by atoms with Gasteiger partial charge < -0.3 is 9.84 Å². The second-order valence-electron chi connectivity index (χ2n) is 5.74. The Balaban J connectivity index is 2.07. The predicted molar refractivity (Wildman–Crippen MR) is 96.7 cm³/mol. The predicted octanol–water partition coefficient (Wildman–Crippen LogP) is 2.62. The van der Waals surface area contributed by atoms with E-state index in [1.165, 1.54) is 19.4 Å². The molecule has 8 heteroatoms. The summed E-state index contributed by atoms with van der Waals surface area (Å²) in [6.07, 6.45) is 1.41. The number of amides is 1. The number of benzene rings is 2. The van der Waals surface area contributed by atoms with Crippen molar-refractivity contribution in [1.29, 1.82) is 0 Å². The summed E-state index contributed by atoms with van der Waals surface area (Å²) in [4.78, 5) is 22.2. The molecule has 0 unspecified atom stereocenters. The number of hydrogen-bond donors (Lipinski definition) is 2. The number of aromatic hydroxyl groups is 1. The molecule has 2 aromatic carbocycles. The smallest absolute Gasteiger partial charge is 0.315 e. The number of ether oxygens (including phenoxy) is 1. The molecule has 0 aromatic heterocycles. The van der Waals surface area contributed by atoms with Gasteiger partial charge in [0.25, 0.3) is 0 Å². The van der Waals surface area contributed by atoms with Crippen molar-refractivity contribution in [3.05, 3.63) is 62.7 Å². The minimum Gasteiger partial charge on any atom is -0.500 e. The number of hydrogen-bond acceptors (Lipinski definition) is 6. The van der Waals surface area contributed by atoms with Crippen molar-refractivity contribution in [2.45, 2.75) is 20.3 Å². The van der Waals surface area contributed by atoms with Crippen molar-refractivity contribution < 1.29 is 19.6 Å². The van der Waals surface area contributed by atoms with Gasteiger partial charge in [0.05, 0.1) is 24.7 Å². The number of phenolic OH excluding ortho intramolecular Hbond substituents is 1. The maximum Gasteiger partial charge on any atom is 0.315 e. The fraction of sp³-hybridized carbons (Fsp3) is 0.222. The lowest BCUT2D eigenvalue weighted by Crippen LogP contribution is -2.19. The molecule has 2 rings (SSSR count). The van der Waals surface area contributed by atoms with E-state index >= 15 is 0 Å². The van der Waals surface area contributed by atoms with E-state index in [-0.39, 0.29) is 18.1 Å². The molecule has 0 aliphatic carbocycles. The summed E-state index contributed by atoms with van der Waals surface area (Å²) >= 11 is 0. The third-order valence-electron chi connectivity index (χ3n) is 3.83. The highest BCUT2D eigenvalue weighted by Crippen LogP contribution is 2.36. The van der Waals surface area contributed by atoms with Gasteiger partial charge in [0, 0.05) is 11.6 Å². The molecule has 0 aliphatic heterocycles. The van der Waals surface area contributed by atoms with E-state index in [9.17, 15) is 20.0 Å². The molecule has 1 amide bonds. The number of rotatable bonds is 6. The molecule has 0 saturated heterocycles. The van der Waals surface area contributed by atoms with E-state index in [1.54, 1.807) is 0 Å². The number of aryl methyl sites for hydroxylation is 2. The summed E-state index contributed by atoms with van der Waals surface area (Å²) in [7, 11) is 1.28. The van der Waals surface area contributed by atoms with Crippen LogP contribution in [-0.2, 0) is 11.2 Å². The molecule has 0 aliphatic rings. The van der Waals surface area contributed by atoms with Gasteiger partial charge in [-0.3, -0.25) is 14.9 Å². The van der Waals surface area contributed by atoms with Crippen LogP contribution in [0.4, 0.5) is 5.69 Å². The van der Waals surface area contributed by atoms with Gasteiger partial charge in [-0.1, -0.05) is 18.2 Å². The summed E-state index contributed by atoms with van der Waals surface area (Å²) in [5, 5.41) is 24.5. The number of carbonyl (C=O) groups is 1. The monoisotopic (exact) mass is 357 g/mol. The molecule has 136 valence electrons. The van der Waals surface area contributed by atoms with Gasteiger partial charge in [-0.2, -0.15) is 5.10 Å². The van der Waals surface area contributed by atoms with E-state index in [4.69, 9.17) is 4.74 Å². The average molecular weight is 357 g/mol. The summed E-state index contributed by atoms with van der Waals surface area (Å²) in [6.45, 7) is 3.97. The standard InChI is InChI=1S/C18H19N3O5/c1-11-4-5-13(6-12(11)2)9-17(22)20-19-10-14-7-15(21(24)25)18(23)16(8-14)26-3/h4-8,10,23H,9H2,1-3H3,(H,20,22)/b19-10-. The highest BCUT2D eigenvalue weighted by molar-refractivity contribution is 5.85. The van der Waals surface area contributed by atoms with Gasteiger partial charge in [0.15, 0.2) is 5.75 Å². The van der Waals surface area contributed by atoms with E-state index in [0.717, 1.165) is 22.8 Å². The lowest BCUT2D eigenvalue weighted by atomic mass is 10.0. The summed E-state index contributed by atoms with van der Waals surface area (Å²) in [5.74, 6) is -0.930. The highest BCUT2D eigenvalue weighted by atomic mass is 16.6. The van der Waals surface area contributed by atoms with Gasteiger partial charge in [-0.15, -0.1) is 0 Å². The Hall–Kier alpha value is -3.42. The lowest BCUT2D eigenvalue weighted by molar-refractivity contribution is -0.386. The fourth-order valence-corrected chi connectivity index (χ4v) is 2.30. The third-order valence-corrected chi connectivity index (χ3v) is 3.83. The molecule has 0 spiro atoms. The number of hydrazone groups is 1. The first kappa shape index (κ1) is 18.9. The third kappa shape index (κ3) is 4.56. The molecular formula is C18H19N3O5. The molecule has 26 heavy (non-hydrogen) atoms. The van der Waals surface area contributed by atoms with Crippen LogP contribution in [0.3, 0.4) is 0 Å². The quantitative estimate of drug-likeness (QED) is 0.468. The van der Waals surface area contributed by atoms with Gasteiger partial charge >= 0.3 is 5.69 Å². The first-order chi connectivity index (χ1) is 12.3. The number of methoxy groups -OCH3 is 1. The number of nitro groups is 1. The Bertz CT molecular complexity index is 877. The fourth-order valence-electron chi connectivity index (χ4n) is 2.30. The van der Waals surface area contributed by atoms with Gasteiger partial charge in [-0.05, 0) is 36.6 Å². The maximum absolute atomic E-state index is 12.0. The number of nitrogens with one attached hydrogen (secondary N) is 1. The molecule has 8 nitrogen and oxygen atoms in total. The first-order valence-electron chi connectivity index (χ1n) is 7.75. The summed E-state index contributed by atoms with van der Waals surface area (Å²) in [5.41, 5.74) is 5.28. The molecule has 0 heterocycles. The van der Waals surface area contributed by atoms with Crippen LogP contribution in [0.25, 0.3) is 0 Å². The van der Waals surface area contributed by atoms with Crippen LogP contribution in [-0.4, -0.2) is 29.3 Å². The van der Waals surface area contributed by atoms with E-state index < -0.39 is 16.4 Å². The Morgan fingerprint density at radius 2 is 2.04 bits per heavy atom. The molecule has 0 saturated carbocycles. The zero-order valence-electron chi connectivity index (χ0n) is 14.6. The van der Waals surface area contributed by atoms with Crippen molar-refractivity contribution in [1.82, 2.24) is 5.43 Å². The van der Waals surface area contributed by atoms with Crippen LogP contribution < -0.4 is 10.2 Å². The van der Waals surface area contributed by atoms with Crippen LogP contribution >= 0.6 is 0 Å². The second-order valence-corrected chi connectivity index (χ2v) is 5.74.